The summed E-state index contributed by atoms with van der Waals surface area (Å²) in [5.74, 6) is -1.90. The van der Waals surface area contributed by atoms with Crippen molar-refractivity contribution in [1.82, 2.24) is 9.97 Å². The number of amides is 1. The van der Waals surface area contributed by atoms with E-state index in [9.17, 15) is 27.4 Å². The van der Waals surface area contributed by atoms with Crippen molar-refractivity contribution in [3.8, 4) is 22.9 Å². The van der Waals surface area contributed by atoms with Crippen LogP contribution in [0.5, 0.6) is 11.5 Å². The molecular weight excluding hydrogens is 604 g/mol. The lowest BCUT2D eigenvalue weighted by Gasteiger charge is -2.09. The van der Waals surface area contributed by atoms with Crippen molar-refractivity contribution in [3.05, 3.63) is 101 Å². The van der Waals surface area contributed by atoms with Gasteiger partial charge in [0, 0.05) is 55.8 Å². The van der Waals surface area contributed by atoms with Gasteiger partial charge in [0.1, 0.15) is 28.9 Å². The number of nitrogens with zero attached hydrogens (tertiary/aromatic N) is 2. The lowest BCUT2D eigenvalue weighted by Crippen LogP contribution is -2.10. The van der Waals surface area contributed by atoms with E-state index < -0.39 is 33.2 Å². The van der Waals surface area contributed by atoms with Crippen LogP contribution in [0.2, 0.25) is 0 Å². The van der Waals surface area contributed by atoms with Gasteiger partial charge in [0.05, 0.1) is 33.3 Å². The molecule has 1 amide bonds. The summed E-state index contributed by atoms with van der Waals surface area (Å²) in [4.78, 5) is 43.9. The molecule has 12 heteroatoms. The normalized spacial score (nSPS) is 12.3. The standard InChI is InChI=1S/C33H33F2N3O6S/c1-4-43-32(40)6-5-13-45(3,42)38-33(41)24-17-30(37-20-24)31-19-27(11-12-36-31)44-26-9-8-22(29(35)18-26)15-25(39)16-23-14-21(2)7-10-28(23)34/h7-12,14,17-20,37H,4-6,13,15-16H2,1-3H3. The SMILES string of the molecule is CCOC(=O)CCCS(C)(=O)=NC(=O)c1c[nH]c(-c2cc(Oc3ccc(CC(=O)Cc4cc(C)ccc4F)c(F)c3)ccn2)c1. The van der Waals surface area contributed by atoms with Crippen molar-refractivity contribution in [2.24, 2.45) is 4.36 Å². The van der Waals surface area contributed by atoms with Crippen LogP contribution in [-0.2, 0) is 36.9 Å². The number of hydrogen-bond donors (Lipinski definition) is 1. The van der Waals surface area contributed by atoms with E-state index in [0.29, 0.717) is 17.1 Å². The highest BCUT2D eigenvalue weighted by atomic mass is 32.2. The molecule has 45 heavy (non-hydrogen) atoms. The number of benzene rings is 2. The summed E-state index contributed by atoms with van der Waals surface area (Å²) in [6.07, 6.45) is 4.31. The fourth-order valence-corrected chi connectivity index (χ4v) is 5.70. The van der Waals surface area contributed by atoms with Crippen molar-refractivity contribution < 1.29 is 36.8 Å². The minimum Gasteiger partial charge on any atom is -0.466 e. The number of aryl methyl sites for hydroxylation is 1. The van der Waals surface area contributed by atoms with E-state index in [0.717, 1.165) is 11.6 Å². The van der Waals surface area contributed by atoms with Crippen molar-refractivity contribution in [3.63, 3.8) is 0 Å². The van der Waals surface area contributed by atoms with Gasteiger partial charge >= 0.3 is 5.97 Å². The molecule has 1 unspecified atom stereocenters. The first-order valence-corrected chi connectivity index (χ1v) is 16.3. The summed E-state index contributed by atoms with van der Waals surface area (Å²) in [6, 6.07) is 13.3. The lowest BCUT2D eigenvalue weighted by molar-refractivity contribution is -0.143. The summed E-state index contributed by atoms with van der Waals surface area (Å²) in [6.45, 7) is 3.76. The molecule has 236 valence electrons. The van der Waals surface area contributed by atoms with Crippen LogP contribution in [0.25, 0.3) is 11.4 Å². The van der Waals surface area contributed by atoms with Gasteiger partial charge in [-0.3, -0.25) is 19.4 Å². The lowest BCUT2D eigenvalue weighted by atomic mass is 10.0. The Hall–Kier alpha value is -4.71. The molecule has 2 aromatic carbocycles. The van der Waals surface area contributed by atoms with E-state index in [1.165, 1.54) is 42.9 Å². The van der Waals surface area contributed by atoms with Crippen LogP contribution >= 0.6 is 0 Å². The maximum Gasteiger partial charge on any atom is 0.305 e. The van der Waals surface area contributed by atoms with Crippen LogP contribution in [0.1, 0.15) is 46.8 Å². The Labute approximate surface area is 260 Å². The summed E-state index contributed by atoms with van der Waals surface area (Å²) in [7, 11) is -2.86. The molecule has 0 bridgehead atoms. The van der Waals surface area contributed by atoms with Gasteiger partial charge in [-0.1, -0.05) is 23.8 Å². The molecule has 0 fully saturated rings. The Morgan fingerprint density at radius 1 is 0.956 bits per heavy atom. The smallest absolute Gasteiger partial charge is 0.305 e. The first-order chi connectivity index (χ1) is 21.4. The number of esters is 1. The van der Waals surface area contributed by atoms with Crippen molar-refractivity contribution in [2.45, 2.75) is 39.5 Å². The molecule has 0 aliphatic rings. The van der Waals surface area contributed by atoms with Gasteiger partial charge in [-0.25, -0.2) is 13.0 Å². The molecule has 1 N–H and O–H groups in total. The van der Waals surface area contributed by atoms with Gasteiger partial charge in [0.15, 0.2) is 0 Å². The maximum atomic E-state index is 14.9. The van der Waals surface area contributed by atoms with Gasteiger partial charge in [-0.2, -0.15) is 4.36 Å². The number of Topliss-reactive ketones (excluding diaryl/α,β-unsaturated/α-hetero) is 1. The number of rotatable bonds is 13. The Kier molecular flexibility index (Phi) is 10.9. The first-order valence-electron chi connectivity index (χ1n) is 14.2. The molecule has 0 aliphatic heterocycles. The maximum absolute atomic E-state index is 14.9. The molecule has 2 heterocycles. The highest BCUT2D eigenvalue weighted by Crippen LogP contribution is 2.27. The van der Waals surface area contributed by atoms with E-state index in [4.69, 9.17) is 9.47 Å². The number of aromatic amines is 1. The number of halogens is 2. The molecule has 0 saturated carbocycles. The number of aromatic nitrogens is 2. The average molecular weight is 638 g/mol. The Balaban J connectivity index is 1.38. The van der Waals surface area contributed by atoms with E-state index in [-0.39, 0.29) is 66.3 Å². The number of H-pyrrole nitrogens is 1. The topological polar surface area (TPSA) is 128 Å². The second kappa shape index (κ2) is 14.8. The van der Waals surface area contributed by atoms with Crippen LogP contribution in [-0.4, -0.2) is 50.5 Å². The number of carbonyl (C=O) groups is 3. The average Bonchev–Trinajstić information content (AvgIpc) is 3.47. The highest BCUT2D eigenvalue weighted by molar-refractivity contribution is 7.93. The predicted octanol–water partition coefficient (Wildman–Crippen LogP) is 6.39. The minimum absolute atomic E-state index is 0.0705. The molecular formula is C33H33F2N3O6S. The van der Waals surface area contributed by atoms with Crippen LogP contribution in [0.4, 0.5) is 8.78 Å². The number of nitrogens with one attached hydrogen (secondary N) is 1. The number of ether oxygens (including phenoxy) is 2. The van der Waals surface area contributed by atoms with E-state index in [1.54, 1.807) is 38.1 Å². The summed E-state index contributed by atoms with van der Waals surface area (Å²) < 4.78 is 56.2. The van der Waals surface area contributed by atoms with E-state index in [2.05, 4.69) is 14.3 Å². The second-order valence-electron chi connectivity index (χ2n) is 10.5. The molecule has 4 aromatic rings. The second-order valence-corrected chi connectivity index (χ2v) is 13.0. The van der Waals surface area contributed by atoms with Gasteiger partial charge in [0.2, 0.25) is 0 Å². The third-order valence-corrected chi connectivity index (χ3v) is 8.26. The van der Waals surface area contributed by atoms with Crippen molar-refractivity contribution in [1.29, 1.82) is 0 Å². The third kappa shape index (κ3) is 9.64. The molecule has 9 nitrogen and oxygen atoms in total. The number of pyridine rings is 1. The molecule has 0 spiro atoms. The van der Waals surface area contributed by atoms with Crippen LogP contribution in [0, 0.1) is 18.6 Å². The fourth-order valence-electron chi connectivity index (χ4n) is 4.48. The number of carbonyl (C=O) groups excluding carboxylic acids is 3. The Morgan fingerprint density at radius 3 is 2.47 bits per heavy atom. The summed E-state index contributed by atoms with van der Waals surface area (Å²) >= 11 is 0. The fraction of sp³-hybridized carbons (Fsp3) is 0.273. The molecule has 1 atom stereocenters. The molecule has 0 aliphatic carbocycles. The zero-order valence-electron chi connectivity index (χ0n) is 25.1. The van der Waals surface area contributed by atoms with Gasteiger partial charge < -0.3 is 14.5 Å². The number of ketones is 1. The van der Waals surface area contributed by atoms with E-state index >= 15 is 0 Å². The van der Waals surface area contributed by atoms with Gasteiger partial charge in [-0.05, 0) is 55.7 Å². The summed E-state index contributed by atoms with van der Waals surface area (Å²) in [5, 5.41) is 0. The van der Waals surface area contributed by atoms with Crippen molar-refractivity contribution >= 4 is 27.4 Å². The first kappa shape index (κ1) is 33.2. The zero-order valence-corrected chi connectivity index (χ0v) is 25.9. The van der Waals surface area contributed by atoms with Crippen LogP contribution < -0.4 is 4.74 Å². The molecule has 2 aromatic heterocycles. The highest BCUT2D eigenvalue weighted by Gasteiger charge is 2.16. The summed E-state index contributed by atoms with van der Waals surface area (Å²) in [5.41, 5.74) is 2.33. The molecule has 4 rings (SSSR count). The quantitative estimate of drug-likeness (QED) is 0.168. The van der Waals surface area contributed by atoms with Crippen molar-refractivity contribution in [2.75, 3.05) is 18.6 Å². The Bertz CT molecular complexity index is 1850. The molecule has 0 saturated heterocycles. The van der Waals surface area contributed by atoms with E-state index in [1.807, 2.05) is 0 Å². The molecule has 0 radical (unpaired) electrons. The van der Waals surface area contributed by atoms with Crippen LogP contribution in [0.15, 0.2) is 71.4 Å². The third-order valence-electron chi connectivity index (χ3n) is 6.66. The minimum atomic E-state index is -2.86. The number of hydrogen-bond acceptors (Lipinski definition) is 7. The predicted molar refractivity (Wildman–Crippen MR) is 166 cm³/mol. The largest absolute Gasteiger partial charge is 0.466 e. The van der Waals surface area contributed by atoms with Crippen LogP contribution in [0.3, 0.4) is 0 Å². The monoisotopic (exact) mass is 637 g/mol. The van der Waals surface area contributed by atoms with Gasteiger partial charge in [0.25, 0.3) is 5.91 Å². The zero-order chi connectivity index (χ0) is 32.6. The van der Waals surface area contributed by atoms with Gasteiger partial charge in [-0.15, -0.1) is 0 Å². The Morgan fingerprint density at radius 2 is 1.71 bits per heavy atom.